The van der Waals surface area contributed by atoms with Crippen molar-refractivity contribution in [1.82, 2.24) is 9.78 Å². The SMILES string of the molecule is COc1ccc(C=C2C[C@H]3[C@@H]4CC=C5C[C@@H](O)CC[C@]5(C)[C@H]4CC[C@]3(C)C2=O)cc1Cn1nc(C)cc1C. The van der Waals surface area contributed by atoms with Crippen molar-refractivity contribution in [3.63, 3.8) is 0 Å². The van der Waals surface area contributed by atoms with Crippen LogP contribution in [0.2, 0.25) is 0 Å². The quantitative estimate of drug-likeness (QED) is 0.377. The molecule has 4 aliphatic rings. The van der Waals surface area contributed by atoms with Crippen LogP contribution in [0.25, 0.3) is 6.08 Å². The van der Waals surface area contributed by atoms with Crippen LogP contribution >= 0.6 is 0 Å². The van der Waals surface area contributed by atoms with Crippen LogP contribution in [0.1, 0.15) is 81.3 Å². The van der Waals surface area contributed by atoms with Crippen LogP contribution in [0.4, 0.5) is 0 Å². The number of aliphatic hydroxyl groups is 1. The molecule has 1 aromatic carbocycles. The molecule has 3 saturated carbocycles. The molecule has 2 aromatic rings. The van der Waals surface area contributed by atoms with Crippen molar-refractivity contribution in [2.24, 2.45) is 28.6 Å². The predicted octanol–water partition coefficient (Wildman–Crippen LogP) is 6.44. The van der Waals surface area contributed by atoms with Crippen LogP contribution in [-0.4, -0.2) is 33.9 Å². The molecular formula is C33H42N2O3. The maximum absolute atomic E-state index is 13.9. The lowest BCUT2D eigenvalue weighted by Crippen LogP contribution is -2.50. The van der Waals surface area contributed by atoms with Crippen molar-refractivity contribution in [2.75, 3.05) is 7.11 Å². The minimum Gasteiger partial charge on any atom is -0.496 e. The van der Waals surface area contributed by atoms with E-state index in [9.17, 15) is 9.90 Å². The Balaban J connectivity index is 1.29. The number of aryl methyl sites for hydroxylation is 2. The third-order valence-corrected chi connectivity index (χ3v) is 10.8. The zero-order valence-electron chi connectivity index (χ0n) is 23.6. The van der Waals surface area contributed by atoms with Gasteiger partial charge in [0, 0.05) is 16.7 Å². The Morgan fingerprint density at radius 3 is 2.63 bits per heavy atom. The molecule has 0 amide bonds. The van der Waals surface area contributed by atoms with Gasteiger partial charge in [0.05, 0.1) is 25.5 Å². The topological polar surface area (TPSA) is 64.3 Å². The summed E-state index contributed by atoms with van der Waals surface area (Å²) < 4.78 is 7.68. The van der Waals surface area contributed by atoms with Gasteiger partial charge in [-0.05, 0) is 117 Å². The zero-order chi connectivity index (χ0) is 26.8. The fourth-order valence-corrected chi connectivity index (χ4v) is 8.65. The largest absolute Gasteiger partial charge is 0.496 e. The van der Waals surface area contributed by atoms with Crippen molar-refractivity contribution in [2.45, 2.75) is 85.3 Å². The van der Waals surface area contributed by atoms with Gasteiger partial charge < -0.3 is 9.84 Å². The lowest BCUT2D eigenvalue weighted by molar-refractivity contribution is -0.130. The number of hydrogen-bond donors (Lipinski definition) is 1. The summed E-state index contributed by atoms with van der Waals surface area (Å²) in [5.74, 6) is 2.76. The molecule has 0 unspecified atom stereocenters. The number of nitrogens with zero attached hydrogens (tertiary/aromatic N) is 2. The summed E-state index contributed by atoms with van der Waals surface area (Å²) >= 11 is 0. The average Bonchev–Trinajstić information content (AvgIpc) is 3.33. The second-order valence-electron chi connectivity index (χ2n) is 13.0. The second-order valence-corrected chi connectivity index (χ2v) is 13.0. The molecule has 4 aliphatic carbocycles. The molecule has 0 spiro atoms. The van der Waals surface area contributed by atoms with E-state index in [-0.39, 0.29) is 16.9 Å². The highest BCUT2D eigenvalue weighted by Gasteiger charge is 2.59. The van der Waals surface area contributed by atoms with E-state index in [1.807, 2.05) is 17.7 Å². The van der Waals surface area contributed by atoms with Crippen molar-refractivity contribution in [1.29, 1.82) is 0 Å². The number of carbonyl (C=O) groups is 1. The maximum atomic E-state index is 13.9. The Bertz CT molecular complexity index is 1340. The van der Waals surface area contributed by atoms with E-state index < -0.39 is 0 Å². The van der Waals surface area contributed by atoms with Crippen LogP contribution < -0.4 is 4.74 Å². The summed E-state index contributed by atoms with van der Waals surface area (Å²) in [6, 6.07) is 8.33. The molecule has 0 bridgehead atoms. The number of Topliss-reactive ketones (excluding diaryl/α,β-unsaturated/α-hetero) is 1. The lowest BCUT2D eigenvalue weighted by Gasteiger charge is -2.56. The van der Waals surface area contributed by atoms with E-state index in [0.29, 0.717) is 30.1 Å². The highest BCUT2D eigenvalue weighted by atomic mass is 16.5. The van der Waals surface area contributed by atoms with Crippen molar-refractivity contribution >= 4 is 11.9 Å². The molecule has 6 atom stereocenters. The second kappa shape index (κ2) is 9.22. The molecule has 5 heteroatoms. The van der Waals surface area contributed by atoms with Gasteiger partial charge in [0.1, 0.15) is 5.75 Å². The number of ether oxygens (including phenoxy) is 1. The van der Waals surface area contributed by atoms with Gasteiger partial charge in [0.25, 0.3) is 0 Å². The first-order valence-corrected chi connectivity index (χ1v) is 14.4. The number of allylic oxidation sites excluding steroid dienone is 2. The Morgan fingerprint density at radius 1 is 1.11 bits per heavy atom. The Morgan fingerprint density at radius 2 is 1.89 bits per heavy atom. The molecule has 5 nitrogen and oxygen atoms in total. The minimum atomic E-state index is -0.262. The lowest BCUT2D eigenvalue weighted by atomic mass is 9.48. The number of fused-ring (bicyclic) bond motifs is 5. The summed E-state index contributed by atoms with van der Waals surface area (Å²) in [7, 11) is 1.71. The summed E-state index contributed by atoms with van der Waals surface area (Å²) in [6.07, 6.45) is 11.2. The number of benzene rings is 1. The van der Waals surface area contributed by atoms with E-state index in [4.69, 9.17) is 4.74 Å². The van der Waals surface area contributed by atoms with E-state index in [1.54, 1.807) is 7.11 Å². The Hall–Kier alpha value is -2.66. The van der Waals surface area contributed by atoms with Gasteiger partial charge in [0.15, 0.2) is 5.78 Å². The fraction of sp³-hybridized carbons (Fsp3) is 0.576. The molecule has 202 valence electrons. The Labute approximate surface area is 227 Å². The minimum absolute atomic E-state index is 0.182. The van der Waals surface area contributed by atoms with Crippen LogP contribution in [-0.2, 0) is 11.3 Å². The molecule has 1 N–H and O–H groups in total. The first kappa shape index (κ1) is 25.6. The van der Waals surface area contributed by atoms with Crippen LogP contribution in [0.3, 0.4) is 0 Å². The predicted molar refractivity (Wildman–Crippen MR) is 150 cm³/mol. The molecule has 38 heavy (non-hydrogen) atoms. The first-order chi connectivity index (χ1) is 18.1. The number of aliphatic hydroxyl groups excluding tert-OH is 1. The monoisotopic (exact) mass is 514 g/mol. The van der Waals surface area contributed by atoms with Gasteiger partial charge in [-0.3, -0.25) is 9.48 Å². The highest BCUT2D eigenvalue weighted by Crippen LogP contribution is 2.64. The van der Waals surface area contributed by atoms with Gasteiger partial charge in [-0.15, -0.1) is 0 Å². The molecular weight excluding hydrogens is 472 g/mol. The molecule has 0 aliphatic heterocycles. The first-order valence-electron chi connectivity index (χ1n) is 14.4. The average molecular weight is 515 g/mol. The normalized spacial score (nSPS) is 35.5. The fourth-order valence-electron chi connectivity index (χ4n) is 8.65. The number of aromatic nitrogens is 2. The molecule has 0 saturated heterocycles. The summed E-state index contributed by atoms with van der Waals surface area (Å²) in [4.78, 5) is 13.9. The van der Waals surface area contributed by atoms with Crippen molar-refractivity contribution in [3.8, 4) is 5.75 Å². The van der Waals surface area contributed by atoms with Gasteiger partial charge in [-0.2, -0.15) is 5.10 Å². The van der Waals surface area contributed by atoms with E-state index in [0.717, 1.165) is 78.8 Å². The van der Waals surface area contributed by atoms with E-state index in [1.165, 1.54) is 5.57 Å². The number of ketones is 1. The van der Waals surface area contributed by atoms with E-state index in [2.05, 4.69) is 56.2 Å². The van der Waals surface area contributed by atoms with Crippen molar-refractivity contribution in [3.05, 3.63) is 64.0 Å². The van der Waals surface area contributed by atoms with Crippen LogP contribution in [0.15, 0.2) is 41.5 Å². The standard InChI is InChI=1S/C33H42N2O3/c1-20-14-21(2)35(34-20)19-24-16-22(6-9-30(24)38-5)15-23-17-29-27-8-7-25-18-26(36)10-12-32(25,3)28(27)11-13-33(29,4)31(23)37/h6-7,9,14-16,26-29,36H,8,10-13,17-19H2,1-5H3/t26-,27+,28-,29-,32-,33-/m0/s1. The number of rotatable bonds is 4. The number of methoxy groups -OCH3 is 1. The molecule has 3 fully saturated rings. The molecule has 0 radical (unpaired) electrons. The summed E-state index contributed by atoms with van der Waals surface area (Å²) in [5, 5.41) is 14.9. The molecule has 1 heterocycles. The third kappa shape index (κ3) is 4.00. The van der Waals surface area contributed by atoms with Crippen LogP contribution in [0.5, 0.6) is 5.75 Å². The summed E-state index contributed by atoms with van der Waals surface area (Å²) in [5.41, 5.74) is 6.65. The smallest absolute Gasteiger partial charge is 0.165 e. The van der Waals surface area contributed by atoms with Gasteiger partial charge in [-0.25, -0.2) is 0 Å². The molecule has 1 aromatic heterocycles. The van der Waals surface area contributed by atoms with Gasteiger partial charge in [-0.1, -0.05) is 31.6 Å². The van der Waals surface area contributed by atoms with Crippen LogP contribution in [0, 0.1) is 42.4 Å². The Kier molecular flexibility index (Phi) is 6.21. The molecule has 6 rings (SSSR count). The third-order valence-electron chi connectivity index (χ3n) is 10.8. The van der Waals surface area contributed by atoms with Crippen molar-refractivity contribution < 1.29 is 14.6 Å². The number of carbonyl (C=O) groups excluding carboxylic acids is 1. The highest BCUT2D eigenvalue weighted by molar-refractivity contribution is 6.06. The van der Waals surface area contributed by atoms with Gasteiger partial charge >= 0.3 is 0 Å². The summed E-state index contributed by atoms with van der Waals surface area (Å²) in [6.45, 7) is 9.41. The zero-order valence-corrected chi connectivity index (χ0v) is 23.6. The van der Waals surface area contributed by atoms with Gasteiger partial charge in [0.2, 0.25) is 0 Å². The maximum Gasteiger partial charge on any atom is 0.165 e. The number of hydrogen-bond acceptors (Lipinski definition) is 4. The van der Waals surface area contributed by atoms with E-state index >= 15 is 0 Å².